The van der Waals surface area contributed by atoms with Crippen molar-refractivity contribution < 1.29 is 14.6 Å². The largest absolute Gasteiger partial charge is 0.473 e. The second-order valence-electron chi connectivity index (χ2n) is 9.11. The summed E-state index contributed by atoms with van der Waals surface area (Å²) in [5, 5.41) is 10.6. The van der Waals surface area contributed by atoms with Crippen molar-refractivity contribution in [1.29, 1.82) is 0 Å². The summed E-state index contributed by atoms with van der Waals surface area (Å²) >= 11 is 0. The van der Waals surface area contributed by atoms with Crippen LogP contribution in [-0.4, -0.2) is 69.7 Å². The number of aliphatic hydroxyl groups excluding tert-OH is 1. The number of rotatable bonds is 4. The number of pyridine rings is 1. The van der Waals surface area contributed by atoms with Gasteiger partial charge in [0.25, 0.3) is 5.91 Å². The zero-order chi connectivity index (χ0) is 21.2. The fourth-order valence-corrected chi connectivity index (χ4v) is 5.67. The highest BCUT2D eigenvalue weighted by Gasteiger charge is 2.46. The number of hydrogen-bond donors (Lipinski definition) is 1. The Morgan fingerprint density at radius 2 is 1.74 bits per heavy atom. The van der Waals surface area contributed by atoms with Crippen LogP contribution in [0.15, 0.2) is 54.7 Å². The first kappa shape index (κ1) is 20.5. The van der Waals surface area contributed by atoms with E-state index in [0.717, 1.165) is 57.3 Å². The van der Waals surface area contributed by atoms with Crippen molar-refractivity contribution in [3.05, 3.63) is 60.3 Å². The Bertz CT molecular complexity index is 870. The molecule has 1 saturated carbocycles. The molecule has 1 N–H and O–H groups in total. The number of ether oxygens (including phenoxy) is 1. The molecular formula is C25H31N3O3. The second kappa shape index (κ2) is 8.97. The van der Waals surface area contributed by atoms with Gasteiger partial charge in [0.15, 0.2) is 0 Å². The summed E-state index contributed by atoms with van der Waals surface area (Å²) in [7, 11) is 0. The molecule has 0 radical (unpaired) electrons. The number of piperidine rings is 2. The summed E-state index contributed by atoms with van der Waals surface area (Å²) in [5.74, 6) is 0.929. The zero-order valence-corrected chi connectivity index (χ0v) is 17.8. The Kier molecular flexibility index (Phi) is 5.92. The van der Waals surface area contributed by atoms with Gasteiger partial charge in [-0.2, -0.15) is 0 Å². The zero-order valence-electron chi connectivity index (χ0n) is 17.8. The molecule has 0 unspecified atom stereocenters. The van der Waals surface area contributed by atoms with Gasteiger partial charge in [-0.05, 0) is 50.3 Å². The van der Waals surface area contributed by atoms with Crippen molar-refractivity contribution in [2.45, 2.75) is 56.4 Å². The lowest BCUT2D eigenvalue weighted by molar-refractivity contribution is -0.0980. The van der Waals surface area contributed by atoms with E-state index < -0.39 is 0 Å². The summed E-state index contributed by atoms with van der Waals surface area (Å²) in [6.07, 6.45) is 6.22. The Morgan fingerprint density at radius 1 is 0.968 bits per heavy atom. The predicted molar refractivity (Wildman–Crippen MR) is 118 cm³/mol. The van der Waals surface area contributed by atoms with Crippen molar-refractivity contribution in [2.24, 2.45) is 5.92 Å². The molecule has 0 spiro atoms. The van der Waals surface area contributed by atoms with Gasteiger partial charge >= 0.3 is 0 Å². The van der Waals surface area contributed by atoms with E-state index in [-0.39, 0.29) is 24.0 Å². The van der Waals surface area contributed by atoms with Gasteiger partial charge in [0.2, 0.25) is 5.88 Å². The minimum Gasteiger partial charge on any atom is -0.473 e. The van der Waals surface area contributed by atoms with Crippen LogP contribution in [-0.2, 0) is 0 Å². The normalized spacial score (nSPS) is 29.5. The van der Waals surface area contributed by atoms with Gasteiger partial charge in [0.05, 0.1) is 6.10 Å². The molecule has 1 amide bonds. The quantitative estimate of drug-likeness (QED) is 0.822. The Balaban J connectivity index is 1.25. The molecule has 3 heterocycles. The Hall–Kier alpha value is -2.44. The van der Waals surface area contributed by atoms with Gasteiger partial charge < -0.3 is 14.7 Å². The maximum absolute atomic E-state index is 12.8. The maximum atomic E-state index is 12.8. The Labute approximate surface area is 183 Å². The number of aromatic nitrogens is 1. The summed E-state index contributed by atoms with van der Waals surface area (Å²) in [4.78, 5) is 21.7. The molecule has 2 aliphatic heterocycles. The lowest BCUT2D eigenvalue weighted by Crippen LogP contribution is -2.61. The van der Waals surface area contributed by atoms with E-state index in [1.807, 2.05) is 53.4 Å². The molecule has 1 aliphatic carbocycles. The van der Waals surface area contributed by atoms with Gasteiger partial charge in [-0.1, -0.05) is 24.3 Å². The average Bonchev–Trinajstić information content (AvgIpc) is 2.83. The fourth-order valence-electron chi connectivity index (χ4n) is 5.67. The summed E-state index contributed by atoms with van der Waals surface area (Å²) in [6.45, 7) is 2.40. The van der Waals surface area contributed by atoms with Crippen LogP contribution >= 0.6 is 0 Å². The summed E-state index contributed by atoms with van der Waals surface area (Å²) in [5.41, 5.74) is 0.770. The molecule has 3 fully saturated rings. The third-order valence-corrected chi connectivity index (χ3v) is 7.32. The van der Waals surface area contributed by atoms with Crippen LogP contribution < -0.4 is 4.74 Å². The first-order chi connectivity index (χ1) is 15.2. The molecule has 164 valence electrons. The molecular weight excluding hydrogens is 390 g/mol. The Morgan fingerprint density at radius 3 is 2.48 bits per heavy atom. The molecule has 6 heteroatoms. The third kappa shape index (κ3) is 4.32. The van der Waals surface area contributed by atoms with Crippen molar-refractivity contribution in [3.63, 3.8) is 0 Å². The molecule has 4 atom stereocenters. The van der Waals surface area contributed by atoms with Gasteiger partial charge in [-0.15, -0.1) is 0 Å². The molecule has 2 aromatic rings. The van der Waals surface area contributed by atoms with Crippen LogP contribution in [0.5, 0.6) is 5.88 Å². The number of aliphatic hydroxyl groups is 1. The van der Waals surface area contributed by atoms with E-state index >= 15 is 0 Å². The average molecular weight is 422 g/mol. The van der Waals surface area contributed by atoms with Crippen molar-refractivity contribution in [3.8, 4) is 5.88 Å². The summed E-state index contributed by atoms with van der Waals surface area (Å²) < 4.78 is 6.27. The lowest BCUT2D eigenvalue weighted by Gasteiger charge is -2.52. The van der Waals surface area contributed by atoms with Gasteiger partial charge in [-0.25, -0.2) is 4.98 Å². The molecule has 3 aliphatic rings. The van der Waals surface area contributed by atoms with Crippen LogP contribution in [0.1, 0.15) is 42.5 Å². The van der Waals surface area contributed by atoms with Crippen LogP contribution in [0.4, 0.5) is 0 Å². The topological polar surface area (TPSA) is 65.9 Å². The number of fused-ring (bicyclic) bond motifs is 2. The molecule has 2 saturated heterocycles. The van der Waals surface area contributed by atoms with Crippen LogP contribution in [0.3, 0.4) is 0 Å². The van der Waals surface area contributed by atoms with E-state index in [9.17, 15) is 9.90 Å². The summed E-state index contributed by atoms with van der Waals surface area (Å²) in [6, 6.07) is 16.2. The number of amides is 1. The molecule has 1 aromatic heterocycles. The van der Waals surface area contributed by atoms with Gasteiger partial charge in [0.1, 0.15) is 6.10 Å². The van der Waals surface area contributed by atoms with E-state index in [4.69, 9.17) is 4.74 Å². The third-order valence-electron chi connectivity index (χ3n) is 7.32. The van der Waals surface area contributed by atoms with Crippen molar-refractivity contribution in [2.75, 3.05) is 19.6 Å². The van der Waals surface area contributed by atoms with Crippen molar-refractivity contribution in [1.82, 2.24) is 14.8 Å². The van der Waals surface area contributed by atoms with Crippen LogP contribution in [0, 0.1) is 5.92 Å². The predicted octanol–water partition coefficient (Wildman–Crippen LogP) is 2.98. The van der Waals surface area contributed by atoms with Gasteiger partial charge in [-0.3, -0.25) is 9.69 Å². The van der Waals surface area contributed by atoms with E-state index in [0.29, 0.717) is 18.0 Å². The maximum Gasteiger partial charge on any atom is 0.253 e. The van der Waals surface area contributed by atoms with Crippen LogP contribution in [0.25, 0.3) is 0 Å². The first-order valence-corrected chi connectivity index (χ1v) is 11.5. The second-order valence-corrected chi connectivity index (χ2v) is 9.11. The highest BCUT2D eigenvalue weighted by molar-refractivity contribution is 5.94. The first-order valence-electron chi connectivity index (χ1n) is 11.5. The van der Waals surface area contributed by atoms with E-state index in [1.54, 1.807) is 6.20 Å². The number of likely N-dealkylation sites (tertiary alicyclic amines) is 2. The van der Waals surface area contributed by atoms with E-state index in [2.05, 4.69) is 9.88 Å². The lowest BCUT2D eigenvalue weighted by atomic mass is 9.75. The van der Waals surface area contributed by atoms with E-state index in [1.165, 1.54) is 0 Å². The number of hydrogen-bond acceptors (Lipinski definition) is 5. The fraction of sp³-hybridized carbons (Fsp3) is 0.520. The number of carbonyl (C=O) groups is 1. The molecule has 6 nitrogen and oxygen atoms in total. The van der Waals surface area contributed by atoms with Gasteiger partial charge in [0, 0.05) is 55.5 Å². The number of carbonyl (C=O) groups excluding carboxylic acids is 1. The molecule has 2 bridgehead atoms. The standard InChI is InChI=1S/C25H31N3O3/c29-22-10-9-20-16-21(22)23(31-24-8-4-5-13-26-24)17-28(20)19-11-14-27(15-12-19)25(30)18-6-2-1-3-7-18/h1-8,13,19-23,29H,9-12,14-17H2/t20-,21-,22+,23-/m0/s1. The number of nitrogens with zero attached hydrogens (tertiary/aromatic N) is 3. The van der Waals surface area contributed by atoms with Crippen LogP contribution in [0.2, 0.25) is 0 Å². The molecule has 5 rings (SSSR count). The highest BCUT2D eigenvalue weighted by atomic mass is 16.5. The van der Waals surface area contributed by atoms with Crippen molar-refractivity contribution >= 4 is 5.91 Å². The minimum absolute atomic E-state index is 0.0505. The highest BCUT2D eigenvalue weighted by Crippen LogP contribution is 2.39. The molecule has 1 aromatic carbocycles. The number of benzene rings is 1. The smallest absolute Gasteiger partial charge is 0.253 e. The minimum atomic E-state index is -0.294. The monoisotopic (exact) mass is 421 g/mol. The molecule has 31 heavy (non-hydrogen) atoms. The SMILES string of the molecule is O=C(c1ccccc1)N1CCC(N2C[C@H](Oc3ccccn3)[C@H]3C[C@@H]2CC[C@H]3O)CC1.